The molecule has 0 aliphatic carbocycles. The topological polar surface area (TPSA) is 66.3 Å². The number of rotatable bonds is 3. The summed E-state index contributed by atoms with van der Waals surface area (Å²) in [6, 6.07) is 7.75. The van der Waals surface area contributed by atoms with Gasteiger partial charge in [-0.1, -0.05) is 18.2 Å². The van der Waals surface area contributed by atoms with Crippen molar-refractivity contribution in [1.29, 1.82) is 0 Å². The second kappa shape index (κ2) is 5.06. The van der Waals surface area contributed by atoms with E-state index in [4.69, 9.17) is 0 Å². The summed E-state index contributed by atoms with van der Waals surface area (Å²) < 4.78 is 0. The number of carboxylic acids is 1. The van der Waals surface area contributed by atoms with Crippen molar-refractivity contribution < 1.29 is 9.90 Å². The van der Waals surface area contributed by atoms with Gasteiger partial charge in [0, 0.05) is 18.9 Å². The summed E-state index contributed by atoms with van der Waals surface area (Å²) in [7, 11) is 1.80. The quantitative estimate of drug-likeness (QED) is 0.915. The first-order valence-corrected chi connectivity index (χ1v) is 5.87. The van der Waals surface area contributed by atoms with Gasteiger partial charge in [-0.2, -0.15) is 0 Å². The molecular weight excluding hydrogens is 242 g/mol. The molecule has 0 saturated carbocycles. The van der Waals surface area contributed by atoms with Crippen LogP contribution in [0.5, 0.6) is 0 Å². The van der Waals surface area contributed by atoms with E-state index in [2.05, 4.69) is 9.97 Å². The van der Waals surface area contributed by atoms with E-state index in [1.807, 2.05) is 31.2 Å². The minimum atomic E-state index is -1.03. The third kappa shape index (κ3) is 2.54. The van der Waals surface area contributed by atoms with Gasteiger partial charge in [0.25, 0.3) is 0 Å². The van der Waals surface area contributed by atoms with Crippen molar-refractivity contribution >= 4 is 17.5 Å². The summed E-state index contributed by atoms with van der Waals surface area (Å²) in [5.41, 5.74) is 2.07. The van der Waals surface area contributed by atoms with E-state index < -0.39 is 5.97 Å². The summed E-state index contributed by atoms with van der Waals surface area (Å²) in [6.07, 6.45) is 1.34. The minimum Gasteiger partial charge on any atom is -0.477 e. The molecule has 0 aliphatic rings. The lowest BCUT2D eigenvalue weighted by molar-refractivity contribution is 0.0697. The Labute approximate surface area is 111 Å². The van der Waals surface area contributed by atoms with Crippen molar-refractivity contribution in [1.82, 2.24) is 9.97 Å². The number of nitrogens with zero attached hydrogens (tertiary/aromatic N) is 3. The standard InChI is InChI=1S/C14H15N3O2/c1-9-6-4-5-7-12(9)17(3)13-11(14(18)19)8-15-10(2)16-13/h4-8H,1-3H3,(H,18,19). The zero-order valence-electron chi connectivity index (χ0n) is 11.1. The van der Waals surface area contributed by atoms with E-state index in [1.165, 1.54) is 6.20 Å². The molecule has 0 amide bonds. The Morgan fingerprint density at radius 3 is 2.58 bits per heavy atom. The Kier molecular flexibility index (Phi) is 3.46. The second-order valence-electron chi connectivity index (χ2n) is 4.31. The van der Waals surface area contributed by atoms with Crippen LogP contribution in [0.3, 0.4) is 0 Å². The van der Waals surface area contributed by atoms with Crippen LogP contribution in [0, 0.1) is 13.8 Å². The third-order valence-corrected chi connectivity index (χ3v) is 2.91. The molecule has 0 saturated heterocycles. The monoisotopic (exact) mass is 257 g/mol. The summed E-state index contributed by atoms with van der Waals surface area (Å²) in [5.74, 6) is -0.0924. The van der Waals surface area contributed by atoms with Crippen molar-refractivity contribution in [2.45, 2.75) is 13.8 Å². The van der Waals surface area contributed by atoms with Crippen LogP contribution in [0.2, 0.25) is 0 Å². The van der Waals surface area contributed by atoms with Crippen molar-refractivity contribution in [3.8, 4) is 0 Å². The molecule has 0 fully saturated rings. The average molecular weight is 257 g/mol. The summed E-state index contributed by atoms with van der Waals surface area (Å²) in [5, 5.41) is 9.21. The SMILES string of the molecule is Cc1ncc(C(=O)O)c(N(C)c2ccccc2C)n1. The van der Waals surface area contributed by atoms with Gasteiger partial charge in [0.15, 0.2) is 5.82 Å². The van der Waals surface area contributed by atoms with Crippen LogP contribution in [-0.2, 0) is 0 Å². The van der Waals surface area contributed by atoms with Crippen LogP contribution in [0.4, 0.5) is 11.5 Å². The average Bonchev–Trinajstić information content (AvgIpc) is 2.38. The van der Waals surface area contributed by atoms with Gasteiger partial charge in [-0.05, 0) is 25.5 Å². The Morgan fingerprint density at radius 1 is 1.26 bits per heavy atom. The van der Waals surface area contributed by atoms with Crippen LogP contribution in [0.15, 0.2) is 30.5 Å². The molecule has 1 aromatic heterocycles. The van der Waals surface area contributed by atoms with E-state index in [0.29, 0.717) is 11.6 Å². The number of hydrogen-bond donors (Lipinski definition) is 1. The van der Waals surface area contributed by atoms with Crippen LogP contribution >= 0.6 is 0 Å². The van der Waals surface area contributed by atoms with Gasteiger partial charge in [-0.15, -0.1) is 0 Å². The van der Waals surface area contributed by atoms with Crippen LogP contribution in [0.1, 0.15) is 21.7 Å². The molecule has 98 valence electrons. The summed E-state index contributed by atoms with van der Waals surface area (Å²) in [6.45, 7) is 3.71. The molecule has 0 unspecified atom stereocenters. The molecule has 19 heavy (non-hydrogen) atoms. The third-order valence-electron chi connectivity index (χ3n) is 2.91. The molecule has 0 bridgehead atoms. The largest absolute Gasteiger partial charge is 0.477 e. The van der Waals surface area contributed by atoms with Gasteiger partial charge >= 0.3 is 5.97 Å². The molecule has 0 atom stereocenters. The van der Waals surface area contributed by atoms with Gasteiger partial charge in [-0.25, -0.2) is 14.8 Å². The highest BCUT2D eigenvalue weighted by atomic mass is 16.4. The zero-order chi connectivity index (χ0) is 14.0. The van der Waals surface area contributed by atoms with Crippen molar-refractivity contribution in [2.75, 3.05) is 11.9 Å². The molecule has 5 nitrogen and oxygen atoms in total. The van der Waals surface area contributed by atoms with E-state index in [0.717, 1.165) is 11.3 Å². The first-order valence-electron chi connectivity index (χ1n) is 5.87. The van der Waals surface area contributed by atoms with Gasteiger partial charge in [0.1, 0.15) is 11.4 Å². The van der Waals surface area contributed by atoms with Crippen LogP contribution < -0.4 is 4.90 Å². The molecule has 0 radical (unpaired) electrons. The number of aromatic nitrogens is 2. The van der Waals surface area contributed by atoms with E-state index in [-0.39, 0.29) is 5.56 Å². The number of anilines is 2. The maximum atomic E-state index is 11.2. The number of benzene rings is 1. The highest BCUT2D eigenvalue weighted by molar-refractivity contribution is 5.94. The highest BCUT2D eigenvalue weighted by Crippen LogP contribution is 2.27. The lowest BCUT2D eigenvalue weighted by Crippen LogP contribution is -2.17. The number of para-hydroxylation sites is 1. The molecule has 2 aromatic rings. The van der Waals surface area contributed by atoms with Gasteiger partial charge < -0.3 is 10.0 Å². The fraction of sp³-hybridized carbons (Fsp3) is 0.214. The van der Waals surface area contributed by atoms with Crippen molar-refractivity contribution in [3.63, 3.8) is 0 Å². The van der Waals surface area contributed by atoms with Gasteiger partial charge in [-0.3, -0.25) is 0 Å². The lowest BCUT2D eigenvalue weighted by Gasteiger charge is -2.22. The number of carboxylic acid groups (broad SMARTS) is 1. The number of carbonyl (C=O) groups is 1. The molecule has 1 N–H and O–H groups in total. The highest BCUT2D eigenvalue weighted by Gasteiger charge is 2.18. The fourth-order valence-electron chi connectivity index (χ4n) is 1.92. The Bertz CT molecular complexity index is 626. The molecule has 0 aliphatic heterocycles. The predicted octanol–water partition coefficient (Wildman–Crippen LogP) is 2.56. The van der Waals surface area contributed by atoms with Gasteiger partial charge in [0.05, 0.1) is 0 Å². The molecule has 0 spiro atoms. The van der Waals surface area contributed by atoms with Crippen LogP contribution in [-0.4, -0.2) is 28.1 Å². The Morgan fingerprint density at radius 2 is 1.95 bits per heavy atom. The molecule has 1 aromatic carbocycles. The van der Waals surface area contributed by atoms with E-state index in [9.17, 15) is 9.90 Å². The Balaban J connectivity index is 2.55. The molecular formula is C14H15N3O2. The fourth-order valence-corrected chi connectivity index (χ4v) is 1.92. The van der Waals surface area contributed by atoms with Crippen LogP contribution in [0.25, 0.3) is 0 Å². The van der Waals surface area contributed by atoms with Gasteiger partial charge in [0.2, 0.25) is 0 Å². The first kappa shape index (κ1) is 13.0. The second-order valence-corrected chi connectivity index (χ2v) is 4.31. The number of aryl methyl sites for hydroxylation is 2. The normalized spacial score (nSPS) is 10.3. The maximum absolute atomic E-state index is 11.2. The molecule has 2 rings (SSSR count). The summed E-state index contributed by atoms with van der Waals surface area (Å²) >= 11 is 0. The first-order chi connectivity index (χ1) is 9.00. The lowest BCUT2D eigenvalue weighted by atomic mass is 10.1. The molecule has 5 heteroatoms. The van der Waals surface area contributed by atoms with E-state index >= 15 is 0 Å². The smallest absolute Gasteiger partial charge is 0.341 e. The van der Waals surface area contributed by atoms with Crippen molar-refractivity contribution in [3.05, 3.63) is 47.4 Å². The zero-order valence-corrected chi connectivity index (χ0v) is 11.1. The number of hydrogen-bond acceptors (Lipinski definition) is 4. The van der Waals surface area contributed by atoms with E-state index in [1.54, 1.807) is 18.9 Å². The van der Waals surface area contributed by atoms with Crippen molar-refractivity contribution in [2.24, 2.45) is 0 Å². The number of aromatic carboxylic acids is 1. The minimum absolute atomic E-state index is 0.0938. The summed E-state index contributed by atoms with van der Waals surface area (Å²) in [4.78, 5) is 21.2. The molecule has 1 heterocycles. The Hall–Kier alpha value is -2.43. The predicted molar refractivity (Wildman–Crippen MR) is 73.0 cm³/mol. The maximum Gasteiger partial charge on any atom is 0.341 e.